The zero-order valence-corrected chi connectivity index (χ0v) is 11.8. The molecule has 1 N–H and O–H groups in total. The predicted molar refractivity (Wildman–Crippen MR) is 70.2 cm³/mol. The van der Waals surface area contributed by atoms with Crippen LogP contribution in [0.5, 0.6) is 0 Å². The second-order valence-corrected chi connectivity index (χ2v) is 5.37. The van der Waals surface area contributed by atoms with Crippen molar-refractivity contribution in [2.45, 2.75) is 32.5 Å². The number of aliphatic hydroxyl groups is 1. The minimum Gasteiger partial charge on any atom is -0.388 e. The molecule has 1 atom stereocenters. The first-order valence-electron chi connectivity index (χ1n) is 5.93. The van der Waals surface area contributed by atoms with Crippen LogP contribution in [0.15, 0.2) is 6.07 Å². The van der Waals surface area contributed by atoms with E-state index in [-0.39, 0.29) is 16.4 Å². The molecule has 1 aromatic rings. The molecular formula is C11H15F3N2O3S. The molecule has 1 rings (SSSR count). The molecule has 0 fully saturated rings. The van der Waals surface area contributed by atoms with Gasteiger partial charge in [-0.2, -0.15) is 13.2 Å². The van der Waals surface area contributed by atoms with Gasteiger partial charge in [0.15, 0.2) is 5.00 Å². The standard InChI is InChI=1S/C11H15F3N2O3S/c1-3-4-15(6-11(12,13)14)10-8(16(18)19)5-9(20-10)7(2)17/h5,7,17H,3-4,6H2,1-2H3. The molecular weight excluding hydrogens is 297 g/mol. The SMILES string of the molecule is CCCN(CC(F)(F)F)c1sc(C(C)O)cc1[N+](=O)[O-]. The van der Waals surface area contributed by atoms with Gasteiger partial charge in [0.1, 0.15) is 6.54 Å². The number of hydrogen-bond acceptors (Lipinski definition) is 5. The third kappa shape index (κ3) is 4.34. The van der Waals surface area contributed by atoms with Crippen molar-refractivity contribution in [1.82, 2.24) is 0 Å². The predicted octanol–water partition coefficient (Wildman–Crippen LogP) is 3.49. The first-order valence-corrected chi connectivity index (χ1v) is 6.75. The number of nitro groups is 1. The van der Waals surface area contributed by atoms with Gasteiger partial charge >= 0.3 is 11.9 Å². The van der Waals surface area contributed by atoms with Gasteiger partial charge in [0.25, 0.3) is 0 Å². The van der Waals surface area contributed by atoms with E-state index >= 15 is 0 Å². The summed E-state index contributed by atoms with van der Waals surface area (Å²) in [6.07, 6.45) is -4.98. The second-order valence-electron chi connectivity index (χ2n) is 4.31. The highest BCUT2D eigenvalue weighted by Crippen LogP contribution is 2.41. The lowest BCUT2D eigenvalue weighted by molar-refractivity contribution is -0.383. The highest BCUT2D eigenvalue weighted by molar-refractivity contribution is 7.16. The molecule has 114 valence electrons. The van der Waals surface area contributed by atoms with Crippen molar-refractivity contribution >= 4 is 22.0 Å². The third-order valence-corrected chi connectivity index (χ3v) is 3.83. The van der Waals surface area contributed by atoms with E-state index in [9.17, 15) is 28.4 Å². The quantitative estimate of drug-likeness (QED) is 0.645. The van der Waals surface area contributed by atoms with Gasteiger partial charge in [-0.15, -0.1) is 11.3 Å². The first kappa shape index (κ1) is 16.7. The number of nitrogens with zero attached hydrogens (tertiary/aromatic N) is 2. The van der Waals surface area contributed by atoms with E-state index in [1.54, 1.807) is 6.92 Å². The summed E-state index contributed by atoms with van der Waals surface area (Å²) in [6.45, 7) is 1.91. The Kier molecular flexibility index (Phi) is 5.35. The Morgan fingerprint density at radius 3 is 2.55 bits per heavy atom. The second kappa shape index (κ2) is 6.40. The zero-order valence-electron chi connectivity index (χ0n) is 11.0. The summed E-state index contributed by atoms with van der Waals surface area (Å²) in [6, 6.07) is 1.13. The fraction of sp³-hybridized carbons (Fsp3) is 0.636. The molecule has 0 bridgehead atoms. The van der Waals surface area contributed by atoms with E-state index in [2.05, 4.69) is 0 Å². The lowest BCUT2D eigenvalue weighted by Crippen LogP contribution is -2.34. The Bertz CT molecular complexity index is 474. The smallest absolute Gasteiger partial charge is 0.388 e. The molecule has 0 aliphatic carbocycles. The summed E-state index contributed by atoms with van der Waals surface area (Å²) < 4.78 is 37.7. The maximum Gasteiger partial charge on any atom is 0.405 e. The highest BCUT2D eigenvalue weighted by atomic mass is 32.1. The number of alkyl halides is 3. The molecule has 1 heterocycles. The number of hydrogen-bond donors (Lipinski definition) is 1. The van der Waals surface area contributed by atoms with Crippen LogP contribution in [0.3, 0.4) is 0 Å². The zero-order chi connectivity index (χ0) is 15.5. The molecule has 0 saturated heterocycles. The van der Waals surface area contributed by atoms with Crippen LogP contribution < -0.4 is 4.90 Å². The van der Waals surface area contributed by atoms with E-state index in [0.29, 0.717) is 6.42 Å². The van der Waals surface area contributed by atoms with Gasteiger partial charge in [-0.3, -0.25) is 10.1 Å². The van der Waals surface area contributed by atoms with Crippen LogP contribution >= 0.6 is 11.3 Å². The molecule has 0 saturated carbocycles. The van der Waals surface area contributed by atoms with Crippen molar-refractivity contribution in [3.63, 3.8) is 0 Å². The lowest BCUT2D eigenvalue weighted by Gasteiger charge is -2.23. The molecule has 0 aliphatic rings. The largest absolute Gasteiger partial charge is 0.405 e. The summed E-state index contributed by atoms with van der Waals surface area (Å²) in [4.78, 5) is 11.4. The summed E-state index contributed by atoms with van der Waals surface area (Å²) in [5.41, 5.74) is -0.399. The first-order chi connectivity index (χ1) is 9.15. The molecule has 0 amide bonds. The molecule has 0 aliphatic heterocycles. The molecule has 20 heavy (non-hydrogen) atoms. The van der Waals surface area contributed by atoms with Crippen LogP contribution in [-0.2, 0) is 0 Å². The van der Waals surface area contributed by atoms with E-state index in [1.165, 1.54) is 6.92 Å². The van der Waals surface area contributed by atoms with Gasteiger partial charge in [0, 0.05) is 17.5 Å². The molecule has 0 radical (unpaired) electrons. The summed E-state index contributed by atoms with van der Waals surface area (Å²) in [5.74, 6) is 0. The van der Waals surface area contributed by atoms with Gasteiger partial charge in [-0.1, -0.05) is 6.92 Å². The van der Waals surface area contributed by atoms with Crippen molar-refractivity contribution in [3.05, 3.63) is 21.1 Å². The molecule has 1 unspecified atom stereocenters. The molecule has 9 heteroatoms. The summed E-state index contributed by atoms with van der Waals surface area (Å²) in [7, 11) is 0. The van der Waals surface area contributed by atoms with Gasteiger partial charge in [0.2, 0.25) is 0 Å². The van der Waals surface area contributed by atoms with Crippen LogP contribution in [0.4, 0.5) is 23.9 Å². The van der Waals surface area contributed by atoms with Crippen LogP contribution in [0, 0.1) is 10.1 Å². The average Bonchev–Trinajstić information content (AvgIpc) is 2.71. The van der Waals surface area contributed by atoms with Crippen LogP contribution in [0.2, 0.25) is 0 Å². The van der Waals surface area contributed by atoms with Crippen molar-refractivity contribution in [2.75, 3.05) is 18.0 Å². The Hall–Kier alpha value is -1.35. The van der Waals surface area contributed by atoms with Gasteiger partial charge < -0.3 is 10.0 Å². The Labute approximate surface area is 117 Å². The number of anilines is 1. The summed E-state index contributed by atoms with van der Waals surface area (Å²) in [5, 5.41) is 20.3. The van der Waals surface area contributed by atoms with Crippen LogP contribution in [0.1, 0.15) is 31.2 Å². The van der Waals surface area contributed by atoms with E-state index in [1.807, 2.05) is 0 Å². The number of rotatable bonds is 6. The lowest BCUT2D eigenvalue weighted by atomic mass is 10.3. The molecule has 0 spiro atoms. The van der Waals surface area contributed by atoms with Crippen molar-refractivity contribution < 1.29 is 23.2 Å². The summed E-state index contributed by atoms with van der Waals surface area (Å²) >= 11 is 0.819. The van der Waals surface area contributed by atoms with Gasteiger partial charge in [-0.05, 0) is 13.3 Å². The van der Waals surface area contributed by atoms with Crippen LogP contribution in [0.25, 0.3) is 0 Å². The van der Waals surface area contributed by atoms with Gasteiger partial charge in [0.05, 0.1) is 11.0 Å². The average molecular weight is 312 g/mol. The number of halogens is 3. The van der Waals surface area contributed by atoms with E-state index in [4.69, 9.17) is 0 Å². The maximum atomic E-state index is 12.6. The third-order valence-electron chi connectivity index (χ3n) is 2.47. The van der Waals surface area contributed by atoms with E-state index in [0.717, 1.165) is 22.3 Å². The van der Waals surface area contributed by atoms with Crippen molar-refractivity contribution in [3.8, 4) is 0 Å². The van der Waals surface area contributed by atoms with Crippen LogP contribution in [-0.4, -0.2) is 29.3 Å². The van der Waals surface area contributed by atoms with Crippen molar-refractivity contribution in [1.29, 1.82) is 0 Å². The molecule has 1 aromatic heterocycles. The highest BCUT2D eigenvalue weighted by Gasteiger charge is 2.34. The fourth-order valence-corrected chi connectivity index (χ4v) is 2.78. The Balaban J connectivity index is 3.20. The normalized spacial score (nSPS) is 13.3. The van der Waals surface area contributed by atoms with E-state index < -0.39 is 29.4 Å². The Morgan fingerprint density at radius 2 is 2.15 bits per heavy atom. The maximum absolute atomic E-state index is 12.6. The van der Waals surface area contributed by atoms with Crippen molar-refractivity contribution in [2.24, 2.45) is 0 Å². The molecule has 5 nitrogen and oxygen atoms in total. The number of thiophene rings is 1. The monoisotopic (exact) mass is 312 g/mol. The minimum atomic E-state index is -4.45. The topological polar surface area (TPSA) is 66.6 Å². The number of aliphatic hydroxyl groups excluding tert-OH is 1. The molecule has 0 aromatic carbocycles. The van der Waals surface area contributed by atoms with Gasteiger partial charge in [-0.25, -0.2) is 0 Å². The fourth-order valence-electron chi connectivity index (χ4n) is 1.69. The minimum absolute atomic E-state index is 0.0557. The Morgan fingerprint density at radius 1 is 1.55 bits per heavy atom.